The smallest absolute Gasteiger partial charge is 0.264 e. The number of benzene rings is 2. The molecule has 274 valence electrons. The van der Waals surface area contributed by atoms with Gasteiger partial charge in [0.05, 0.1) is 36.8 Å². The minimum Gasteiger partial charge on any atom is -0.490 e. The third kappa shape index (κ3) is 7.04. The lowest BCUT2D eigenvalue weighted by Crippen LogP contribution is -2.52. The third-order valence-corrected chi connectivity index (χ3v) is 15.0. The van der Waals surface area contributed by atoms with Gasteiger partial charge in [0.15, 0.2) is 6.29 Å². The van der Waals surface area contributed by atoms with Gasteiger partial charge in [-0.25, -0.2) is 13.1 Å². The summed E-state index contributed by atoms with van der Waals surface area (Å²) in [5, 5.41) is 0.0308. The molecule has 2 aromatic carbocycles. The van der Waals surface area contributed by atoms with E-state index in [0.29, 0.717) is 37.2 Å². The summed E-state index contributed by atoms with van der Waals surface area (Å²) in [5.74, 6) is 1.05. The number of amides is 1. The molecule has 2 aromatic rings. The lowest BCUT2D eigenvalue weighted by Gasteiger charge is -2.49. The summed E-state index contributed by atoms with van der Waals surface area (Å²) >= 11 is 6.48. The van der Waals surface area contributed by atoms with Gasteiger partial charge >= 0.3 is 0 Å². The number of rotatable bonds is 3. The Morgan fingerprint density at radius 2 is 1.82 bits per heavy atom. The predicted octanol–water partition coefficient (Wildman–Crippen LogP) is 6.42. The van der Waals surface area contributed by atoms with E-state index in [2.05, 4.69) is 40.6 Å². The Labute approximate surface area is 303 Å². The highest BCUT2D eigenvalue weighted by Gasteiger charge is 2.47. The van der Waals surface area contributed by atoms with Crippen LogP contribution >= 0.6 is 11.6 Å². The molecule has 0 unspecified atom stereocenters. The number of ether oxygens (including phenoxy) is 3. The van der Waals surface area contributed by atoms with E-state index in [0.717, 1.165) is 87.5 Å². The molecule has 9 nitrogen and oxygen atoms in total. The van der Waals surface area contributed by atoms with Gasteiger partial charge in [-0.1, -0.05) is 37.9 Å². The van der Waals surface area contributed by atoms with Crippen LogP contribution < -0.4 is 14.4 Å². The van der Waals surface area contributed by atoms with Crippen LogP contribution in [-0.4, -0.2) is 83.3 Å². The van der Waals surface area contributed by atoms with Crippen molar-refractivity contribution in [3.8, 4) is 5.75 Å². The zero-order chi connectivity index (χ0) is 35.2. The van der Waals surface area contributed by atoms with Crippen molar-refractivity contribution in [1.29, 1.82) is 0 Å². The van der Waals surface area contributed by atoms with Gasteiger partial charge in [0.2, 0.25) is 10.0 Å². The van der Waals surface area contributed by atoms with E-state index in [4.69, 9.17) is 25.8 Å². The number of carbonyl (C=O) groups is 1. The van der Waals surface area contributed by atoms with E-state index in [1.54, 1.807) is 13.0 Å². The lowest BCUT2D eigenvalue weighted by molar-refractivity contribution is -0.241. The Bertz CT molecular complexity index is 1660. The van der Waals surface area contributed by atoms with Gasteiger partial charge in [-0.05, 0) is 125 Å². The fourth-order valence-electron chi connectivity index (χ4n) is 9.24. The fraction of sp³-hybridized carbons (Fsp3) is 0.667. The van der Waals surface area contributed by atoms with Crippen LogP contribution in [0.5, 0.6) is 5.75 Å². The zero-order valence-corrected chi connectivity index (χ0v) is 31.6. The maximum atomic E-state index is 13.6. The Balaban J connectivity index is 1.25. The largest absolute Gasteiger partial charge is 0.490 e. The summed E-state index contributed by atoms with van der Waals surface area (Å²) < 4.78 is 49.2. The summed E-state index contributed by atoms with van der Waals surface area (Å²) in [6.45, 7) is 10.2. The number of carbonyl (C=O) groups excluding carboxylic acids is 1. The number of nitrogens with zero attached hydrogens (tertiary/aromatic N) is 2. The number of sulfonamides is 1. The van der Waals surface area contributed by atoms with Gasteiger partial charge in [0, 0.05) is 35.0 Å². The van der Waals surface area contributed by atoms with E-state index >= 15 is 0 Å². The molecule has 1 N–H and O–H groups in total. The van der Waals surface area contributed by atoms with E-state index in [-0.39, 0.29) is 29.6 Å². The van der Waals surface area contributed by atoms with Crippen molar-refractivity contribution in [3.05, 3.63) is 58.1 Å². The maximum Gasteiger partial charge on any atom is 0.264 e. The van der Waals surface area contributed by atoms with Crippen molar-refractivity contribution < 1.29 is 27.4 Å². The molecule has 0 radical (unpaired) electrons. The molecule has 50 heavy (non-hydrogen) atoms. The highest BCUT2D eigenvalue weighted by atomic mass is 35.5. The maximum absolute atomic E-state index is 13.6. The second kappa shape index (κ2) is 14.6. The standard InChI is InChI=1S/C39H54ClN3O6S/c1-5-42(4)31-21-47-38(48-22-31)33-10-6-8-25(2)26(3)50(45,46)41-37(44)28-12-16-36-35(19-28)43(20-29-11-14-32(29)33)23-39(24-49-36)17-7-9-27-18-30(40)13-15-34(27)39/h12-13,15-16,18-19,25-26,29,31-33,38H,5-11,14,17,20-24H2,1-4H3,(H,41,44)/t25-,26+,29-,31-,32+,33-,38-,39-/m0/s1. The molecule has 2 bridgehead atoms. The zero-order valence-electron chi connectivity index (χ0n) is 30.0. The summed E-state index contributed by atoms with van der Waals surface area (Å²) in [6, 6.07) is 11.9. The molecular formula is C39H54ClN3O6S. The average Bonchev–Trinajstić information content (AvgIpc) is 3.25. The molecule has 1 saturated carbocycles. The summed E-state index contributed by atoms with van der Waals surface area (Å²) in [5.41, 5.74) is 3.49. The topological polar surface area (TPSA) is 97.4 Å². The van der Waals surface area contributed by atoms with Crippen molar-refractivity contribution in [2.24, 2.45) is 23.7 Å². The first-order valence-corrected chi connectivity index (χ1v) is 20.7. The molecule has 3 aliphatic heterocycles. The Morgan fingerprint density at radius 3 is 2.56 bits per heavy atom. The summed E-state index contributed by atoms with van der Waals surface area (Å²) in [4.78, 5) is 18.3. The molecular weight excluding hydrogens is 674 g/mol. The molecule has 2 aliphatic carbocycles. The molecule has 6 atom stereocenters. The highest BCUT2D eigenvalue weighted by molar-refractivity contribution is 7.90. The third-order valence-electron chi connectivity index (χ3n) is 12.9. The van der Waals surface area contributed by atoms with Crippen LogP contribution in [0.2, 0.25) is 5.02 Å². The first-order valence-electron chi connectivity index (χ1n) is 18.8. The highest BCUT2D eigenvalue weighted by Crippen LogP contribution is 2.49. The summed E-state index contributed by atoms with van der Waals surface area (Å²) in [7, 11) is -1.79. The molecule has 7 rings (SSSR count). The van der Waals surface area contributed by atoms with E-state index in [9.17, 15) is 13.2 Å². The van der Waals surface area contributed by atoms with Crippen molar-refractivity contribution in [3.63, 3.8) is 0 Å². The van der Waals surface area contributed by atoms with Crippen LogP contribution in [0, 0.1) is 23.7 Å². The molecule has 3 heterocycles. The van der Waals surface area contributed by atoms with Gasteiger partial charge in [-0.15, -0.1) is 0 Å². The number of likely N-dealkylation sites (N-methyl/N-ethyl adjacent to an activating group) is 1. The molecule has 1 saturated heterocycles. The van der Waals surface area contributed by atoms with Gasteiger partial charge in [0.25, 0.3) is 5.91 Å². The van der Waals surface area contributed by atoms with Crippen molar-refractivity contribution in [2.45, 2.75) is 95.1 Å². The first kappa shape index (κ1) is 36.0. The number of anilines is 1. The van der Waals surface area contributed by atoms with E-state index < -0.39 is 21.2 Å². The van der Waals surface area contributed by atoms with Gasteiger partial charge in [0.1, 0.15) is 5.75 Å². The quantitative estimate of drug-likeness (QED) is 0.387. The Hall–Kier alpha value is -2.37. The number of nitrogens with one attached hydrogen (secondary N) is 1. The van der Waals surface area contributed by atoms with Gasteiger partial charge < -0.3 is 19.1 Å². The number of hydrogen-bond donors (Lipinski definition) is 1. The average molecular weight is 728 g/mol. The number of halogens is 1. The minimum absolute atomic E-state index is 0.123. The second-order valence-corrected chi connectivity index (χ2v) is 18.3. The Morgan fingerprint density at radius 1 is 1.02 bits per heavy atom. The molecule has 0 aromatic heterocycles. The molecule has 2 fully saturated rings. The van der Waals surface area contributed by atoms with Crippen molar-refractivity contribution >= 4 is 33.2 Å². The van der Waals surface area contributed by atoms with Gasteiger partial charge in [-0.3, -0.25) is 9.69 Å². The lowest BCUT2D eigenvalue weighted by atomic mass is 9.64. The monoisotopic (exact) mass is 727 g/mol. The summed E-state index contributed by atoms with van der Waals surface area (Å²) in [6.07, 6.45) is 7.50. The van der Waals surface area contributed by atoms with Gasteiger partial charge in [-0.2, -0.15) is 0 Å². The van der Waals surface area contributed by atoms with Crippen LogP contribution in [0.15, 0.2) is 36.4 Å². The fourth-order valence-corrected chi connectivity index (χ4v) is 10.7. The van der Waals surface area contributed by atoms with Crippen LogP contribution in [-0.2, 0) is 31.3 Å². The van der Waals surface area contributed by atoms with Crippen LogP contribution in [0.3, 0.4) is 0 Å². The molecule has 5 aliphatic rings. The first-order chi connectivity index (χ1) is 24.0. The predicted molar refractivity (Wildman–Crippen MR) is 197 cm³/mol. The number of aryl methyl sites for hydroxylation is 1. The van der Waals surface area contributed by atoms with Crippen molar-refractivity contribution in [1.82, 2.24) is 9.62 Å². The van der Waals surface area contributed by atoms with Crippen LogP contribution in [0.1, 0.15) is 87.2 Å². The molecule has 11 heteroatoms. The minimum atomic E-state index is -3.91. The normalized spacial score (nSPS) is 34.5. The van der Waals surface area contributed by atoms with E-state index in [1.807, 2.05) is 25.1 Å². The van der Waals surface area contributed by atoms with Crippen LogP contribution in [0.25, 0.3) is 0 Å². The molecule has 1 spiro atoms. The van der Waals surface area contributed by atoms with Crippen molar-refractivity contribution in [2.75, 3.05) is 51.4 Å². The second-order valence-electron chi connectivity index (χ2n) is 15.8. The number of fused-ring (bicyclic) bond motifs is 4. The number of hydrogen-bond acceptors (Lipinski definition) is 8. The van der Waals surface area contributed by atoms with Crippen LogP contribution in [0.4, 0.5) is 5.69 Å². The van der Waals surface area contributed by atoms with E-state index in [1.165, 1.54) is 11.1 Å². The molecule has 1 amide bonds. The SMILES string of the molecule is CCN(C)[C@H]1CO[C@H]([C@H]2CCC[C@H](C)[C@@H](C)S(=O)(=O)NC(=O)c3ccc4c(c3)N(C[C@@H]3CC[C@H]32)C[C@@]2(CCCc3cc(Cl)ccc32)CO4)OC1. The Kier molecular flexibility index (Phi) is 10.5.